The van der Waals surface area contributed by atoms with E-state index in [2.05, 4.69) is 0 Å². The van der Waals surface area contributed by atoms with Crippen molar-refractivity contribution in [1.82, 2.24) is 0 Å². The predicted molar refractivity (Wildman–Crippen MR) is 36.8 cm³/mol. The number of rotatable bonds is 1. The molecule has 2 nitrogen and oxygen atoms in total. The number of aliphatic hydroxyl groups is 1. The number of allylic oxidation sites excluding steroid dienone is 1. The Morgan fingerprint density at radius 2 is 2.67 bits per heavy atom. The van der Waals surface area contributed by atoms with E-state index in [4.69, 9.17) is 10.4 Å². The minimum absolute atomic E-state index is 0.0787. The van der Waals surface area contributed by atoms with Crippen molar-refractivity contribution in [2.45, 2.75) is 17.8 Å². The molecule has 2 atom stereocenters. The van der Waals surface area contributed by atoms with Gasteiger partial charge in [0.05, 0.1) is 11.3 Å². The summed E-state index contributed by atoms with van der Waals surface area (Å²) < 4.78 is 0. The van der Waals surface area contributed by atoms with Gasteiger partial charge < -0.3 is 5.11 Å². The highest BCUT2D eigenvalue weighted by Crippen LogP contribution is 2.26. The molecule has 0 aliphatic carbocycles. The van der Waals surface area contributed by atoms with Gasteiger partial charge in [-0.1, -0.05) is 6.08 Å². The van der Waals surface area contributed by atoms with Crippen LogP contribution in [0.2, 0.25) is 0 Å². The Labute approximate surface area is 58.2 Å². The summed E-state index contributed by atoms with van der Waals surface area (Å²) in [6, 6.07) is 1.80. The van der Waals surface area contributed by atoms with Gasteiger partial charge in [-0.2, -0.15) is 5.26 Å². The van der Waals surface area contributed by atoms with Gasteiger partial charge in [-0.05, 0) is 11.8 Å². The van der Waals surface area contributed by atoms with E-state index in [9.17, 15) is 0 Å². The first-order chi connectivity index (χ1) is 4.34. The van der Waals surface area contributed by atoms with Gasteiger partial charge in [-0.3, -0.25) is 0 Å². The second kappa shape index (κ2) is 2.90. The third kappa shape index (κ3) is 1.47. The van der Waals surface area contributed by atoms with Gasteiger partial charge in [0.1, 0.15) is 0 Å². The molecule has 0 saturated heterocycles. The quantitative estimate of drug-likeness (QED) is 0.551. The lowest BCUT2D eigenvalue weighted by molar-refractivity contribution is 0.228. The summed E-state index contributed by atoms with van der Waals surface area (Å²) >= 11 is 1.52. The minimum atomic E-state index is -0.801. The zero-order valence-corrected chi connectivity index (χ0v) is 5.64. The summed E-state index contributed by atoms with van der Waals surface area (Å²) in [5.41, 5.74) is 0. The summed E-state index contributed by atoms with van der Waals surface area (Å²) in [6.45, 7) is 0. The highest BCUT2D eigenvalue weighted by atomic mass is 32.2. The second-order valence-corrected chi connectivity index (χ2v) is 3.01. The van der Waals surface area contributed by atoms with Crippen LogP contribution < -0.4 is 0 Å². The Morgan fingerprint density at radius 1 is 1.89 bits per heavy atom. The molecule has 0 aromatic carbocycles. The third-order valence-corrected chi connectivity index (χ3v) is 2.35. The fraction of sp³-hybridized carbons (Fsp3) is 0.500. The second-order valence-electron chi connectivity index (χ2n) is 1.86. The lowest BCUT2D eigenvalue weighted by Gasteiger charge is -2.07. The Kier molecular flexibility index (Phi) is 2.15. The molecular weight excluding hydrogens is 134 g/mol. The normalized spacial score (nSPS) is 27.8. The average molecular weight is 141 g/mol. The maximum atomic E-state index is 8.94. The number of nitrogens with zero attached hydrogens (tertiary/aromatic N) is 1. The molecule has 3 heteroatoms. The van der Waals surface area contributed by atoms with E-state index >= 15 is 0 Å². The fourth-order valence-electron chi connectivity index (χ4n) is 0.688. The van der Waals surface area contributed by atoms with Crippen LogP contribution in [0.1, 0.15) is 6.42 Å². The monoisotopic (exact) mass is 141 g/mol. The van der Waals surface area contributed by atoms with Crippen LogP contribution in [-0.4, -0.2) is 16.5 Å². The number of thioether (sulfide) groups is 1. The summed E-state index contributed by atoms with van der Waals surface area (Å²) in [6.07, 6.45) is 1.99. The number of hydrogen-bond acceptors (Lipinski definition) is 3. The highest BCUT2D eigenvalue weighted by Gasteiger charge is 2.19. The van der Waals surface area contributed by atoms with Crippen molar-refractivity contribution in [3.8, 4) is 6.07 Å². The molecule has 0 spiro atoms. The van der Waals surface area contributed by atoms with Crippen molar-refractivity contribution in [1.29, 1.82) is 5.26 Å². The fourth-order valence-corrected chi connectivity index (χ4v) is 1.54. The molecule has 2 unspecified atom stereocenters. The van der Waals surface area contributed by atoms with Crippen LogP contribution in [0.25, 0.3) is 0 Å². The van der Waals surface area contributed by atoms with Crippen molar-refractivity contribution in [2.75, 3.05) is 0 Å². The van der Waals surface area contributed by atoms with Crippen molar-refractivity contribution in [3.63, 3.8) is 0 Å². The van der Waals surface area contributed by atoms with Gasteiger partial charge in [-0.15, -0.1) is 11.8 Å². The number of aliphatic hydroxyl groups excluding tert-OH is 1. The van der Waals surface area contributed by atoms with E-state index in [0.717, 1.165) is 6.42 Å². The number of hydrogen-bond donors (Lipinski definition) is 1. The molecule has 0 radical (unpaired) electrons. The predicted octanol–water partition coefficient (Wildman–Crippen LogP) is 0.890. The van der Waals surface area contributed by atoms with Crippen molar-refractivity contribution in [3.05, 3.63) is 11.5 Å². The molecule has 9 heavy (non-hydrogen) atoms. The maximum absolute atomic E-state index is 8.94. The van der Waals surface area contributed by atoms with E-state index in [1.165, 1.54) is 11.8 Å². The summed E-state index contributed by atoms with van der Waals surface area (Å²) in [5, 5.41) is 19.2. The molecule has 1 N–H and O–H groups in total. The lowest BCUT2D eigenvalue weighted by Crippen LogP contribution is -2.17. The zero-order chi connectivity index (χ0) is 6.69. The van der Waals surface area contributed by atoms with Gasteiger partial charge in [-0.25, -0.2) is 0 Å². The number of nitriles is 1. The molecule has 1 heterocycles. The third-order valence-electron chi connectivity index (χ3n) is 1.20. The van der Waals surface area contributed by atoms with Gasteiger partial charge in [0, 0.05) is 0 Å². The standard InChI is InChI=1S/C6H7NOS/c7-4-5(8)6-2-1-3-9-6/h1,3,5-6,8H,2H2. The molecule has 0 fully saturated rings. The summed E-state index contributed by atoms with van der Waals surface area (Å²) in [5.74, 6) is 0. The SMILES string of the molecule is N#CC(O)C1CC=CS1. The molecule has 0 aromatic heterocycles. The first kappa shape index (κ1) is 6.66. The van der Waals surface area contributed by atoms with Crippen LogP contribution in [0.5, 0.6) is 0 Å². The van der Waals surface area contributed by atoms with E-state index in [1.54, 1.807) is 6.07 Å². The topological polar surface area (TPSA) is 44.0 Å². The first-order valence-corrected chi connectivity index (χ1v) is 3.67. The van der Waals surface area contributed by atoms with E-state index < -0.39 is 6.10 Å². The molecule has 48 valence electrons. The van der Waals surface area contributed by atoms with Crippen LogP contribution >= 0.6 is 11.8 Å². The molecule has 0 bridgehead atoms. The maximum Gasteiger partial charge on any atom is 0.152 e. The van der Waals surface area contributed by atoms with Crippen LogP contribution in [-0.2, 0) is 0 Å². The lowest BCUT2D eigenvalue weighted by atomic mass is 10.2. The Morgan fingerprint density at radius 3 is 3.11 bits per heavy atom. The Balaban J connectivity index is 2.38. The van der Waals surface area contributed by atoms with Crippen molar-refractivity contribution < 1.29 is 5.11 Å². The van der Waals surface area contributed by atoms with Gasteiger partial charge in [0.2, 0.25) is 0 Å². The van der Waals surface area contributed by atoms with Crippen LogP contribution in [0.4, 0.5) is 0 Å². The van der Waals surface area contributed by atoms with E-state index in [-0.39, 0.29) is 5.25 Å². The van der Waals surface area contributed by atoms with Crippen LogP contribution in [0.15, 0.2) is 11.5 Å². The Hall–Kier alpha value is -0.460. The Bertz CT molecular complexity index is 153. The largest absolute Gasteiger partial charge is 0.377 e. The first-order valence-electron chi connectivity index (χ1n) is 2.73. The van der Waals surface area contributed by atoms with Crippen LogP contribution in [0.3, 0.4) is 0 Å². The molecule has 0 amide bonds. The smallest absolute Gasteiger partial charge is 0.152 e. The summed E-state index contributed by atoms with van der Waals surface area (Å²) in [7, 11) is 0. The van der Waals surface area contributed by atoms with Crippen molar-refractivity contribution >= 4 is 11.8 Å². The molecule has 1 aliphatic rings. The molecule has 0 aromatic rings. The molecule has 0 saturated carbocycles. The van der Waals surface area contributed by atoms with Crippen LogP contribution in [0, 0.1) is 11.3 Å². The van der Waals surface area contributed by atoms with Gasteiger partial charge >= 0.3 is 0 Å². The minimum Gasteiger partial charge on any atom is -0.377 e. The highest BCUT2D eigenvalue weighted by molar-refractivity contribution is 8.03. The van der Waals surface area contributed by atoms with Gasteiger partial charge in [0.25, 0.3) is 0 Å². The molecule has 1 rings (SSSR count). The van der Waals surface area contributed by atoms with E-state index in [1.807, 2.05) is 11.5 Å². The zero-order valence-electron chi connectivity index (χ0n) is 4.82. The van der Waals surface area contributed by atoms with Crippen molar-refractivity contribution in [2.24, 2.45) is 0 Å². The molecule has 1 aliphatic heterocycles. The van der Waals surface area contributed by atoms with E-state index in [0.29, 0.717) is 0 Å². The van der Waals surface area contributed by atoms with Gasteiger partial charge in [0.15, 0.2) is 6.10 Å². The molecular formula is C6H7NOS. The summed E-state index contributed by atoms with van der Waals surface area (Å²) in [4.78, 5) is 0. The average Bonchev–Trinajstić information content (AvgIpc) is 2.37.